The monoisotopic (exact) mass is 427 g/mol. The summed E-state index contributed by atoms with van der Waals surface area (Å²) >= 11 is 0. The molecule has 0 aromatic heterocycles. The van der Waals surface area contributed by atoms with Crippen molar-refractivity contribution in [2.75, 3.05) is 20.3 Å². The van der Waals surface area contributed by atoms with Gasteiger partial charge in [0.05, 0.1) is 19.8 Å². The number of nitrogens with zero attached hydrogens (tertiary/aromatic N) is 1. The molecule has 0 aliphatic carbocycles. The third-order valence-electron chi connectivity index (χ3n) is 4.03. The van der Waals surface area contributed by atoms with Crippen LogP contribution in [-0.2, 0) is 35.1 Å². The number of carbonyl (C=O) groups excluding carboxylic acids is 3. The molecule has 1 aliphatic rings. The summed E-state index contributed by atoms with van der Waals surface area (Å²) in [5, 5.41) is 0. The lowest BCUT2D eigenvalue weighted by Crippen LogP contribution is -2.41. The Bertz CT molecular complexity index is 690. The minimum absolute atomic E-state index is 0. The van der Waals surface area contributed by atoms with Gasteiger partial charge >= 0.3 is 18.0 Å². The van der Waals surface area contributed by atoms with Crippen LogP contribution in [0.3, 0.4) is 0 Å². The highest BCUT2D eigenvalue weighted by atomic mass is 32.1. The molecule has 8 nitrogen and oxygen atoms in total. The Hall–Kier alpha value is -2.26. The van der Waals surface area contributed by atoms with Crippen molar-refractivity contribution < 1.29 is 33.3 Å². The van der Waals surface area contributed by atoms with Crippen LogP contribution < -0.4 is 0 Å². The van der Waals surface area contributed by atoms with Crippen molar-refractivity contribution in [3.63, 3.8) is 0 Å². The smallest absolute Gasteiger partial charge is 0.410 e. The third-order valence-corrected chi connectivity index (χ3v) is 4.03. The summed E-state index contributed by atoms with van der Waals surface area (Å²) in [5.74, 6) is -1.06. The molecule has 9 heteroatoms. The number of rotatable bonds is 6. The standard InChI is InChI=1S/C20H27NO7.H2S/c1-20(2,3)28-17(22)13-26-15-10-16(18(23)25-4)21(11-15)19(24)27-12-14-8-6-5-7-9-14;/h5-9,15-16H,10-13H2,1-4H3;1H2/t15-,16+;/m1./s1. The molecule has 2 atom stereocenters. The van der Waals surface area contributed by atoms with Crippen molar-refractivity contribution in [2.45, 2.75) is 51.5 Å². The van der Waals surface area contributed by atoms with Gasteiger partial charge in [0.2, 0.25) is 0 Å². The van der Waals surface area contributed by atoms with Gasteiger partial charge in [0.25, 0.3) is 0 Å². The Balaban J connectivity index is 0.00000420. The van der Waals surface area contributed by atoms with Gasteiger partial charge in [0.1, 0.15) is 24.9 Å². The molecule has 0 radical (unpaired) electrons. The maximum atomic E-state index is 12.5. The molecule has 0 bridgehead atoms. The van der Waals surface area contributed by atoms with E-state index in [0.717, 1.165) is 5.56 Å². The van der Waals surface area contributed by atoms with Crippen molar-refractivity contribution in [3.05, 3.63) is 35.9 Å². The fourth-order valence-electron chi connectivity index (χ4n) is 2.84. The SMILES string of the molecule is COC(=O)[C@@H]1C[C@@H](OCC(=O)OC(C)(C)C)CN1C(=O)OCc1ccccc1.S. The van der Waals surface area contributed by atoms with E-state index >= 15 is 0 Å². The first-order chi connectivity index (χ1) is 13.2. The summed E-state index contributed by atoms with van der Waals surface area (Å²) in [4.78, 5) is 37.6. The molecule has 29 heavy (non-hydrogen) atoms. The molecule has 162 valence electrons. The van der Waals surface area contributed by atoms with E-state index < -0.39 is 35.8 Å². The first-order valence-corrected chi connectivity index (χ1v) is 9.08. The summed E-state index contributed by atoms with van der Waals surface area (Å²) in [6, 6.07) is 8.40. The molecule has 0 N–H and O–H groups in total. The van der Waals surface area contributed by atoms with Crippen molar-refractivity contribution >= 4 is 31.5 Å². The van der Waals surface area contributed by atoms with Crippen LogP contribution in [-0.4, -0.2) is 60.9 Å². The third kappa shape index (κ3) is 7.94. The zero-order valence-electron chi connectivity index (χ0n) is 17.2. The van der Waals surface area contributed by atoms with Gasteiger partial charge in [-0.15, -0.1) is 0 Å². The number of carbonyl (C=O) groups is 3. The van der Waals surface area contributed by atoms with E-state index in [1.807, 2.05) is 30.3 Å². The Morgan fingerprint density at radius 2 is 1.79 bits per heavy atom. The van der Waals surface area contributed by atoms with E-state index in [0.29, 0.717) is 0 Å². The zero-order valence-corrected chi connectivity index (χ0v) is 18.2. The predicted octanol–water partition coefficient (Wildman–Crippen LogP) is 2.41. The molecule has 0 spiro atoms. The fraction of sp³-hybridized carbons (Fsp3) is 0.550. The first-order valence-electron chi connectivity index (χ1n) is 9.08. The minimum atomic E-state index is -0.822. The summed E-state index contributed by atoms with van der Waals surface area (Å²) < 4.78 is 20.8. The van der Waals surface area contributed by atoms with E-state index in [9.17, 15) is 14.4 Å². The average molecular weight is 428 g/mol. The lowest BCUT2D eigenvalue weighted by atomic mass is 10.2. The van der Waals surface area contributed by atoms with Crippen molar-refractivity contribution in [1.29, 1.82) is 0 Å². The second kappa shape index (κ2) is 11.1. The van der Waals surface area contributed by atoms with Gasteiger partial charge in [0, 0.05) is 6.42 Å². The van der Waals surface area contributed by atoms with Gasteiger partial charge in [0.15, 0.2) is 0 Å². The van der Waals surface area contributed by atoms with Gasteiger partial charge < -0.3 is 18.9 Å². The Kier molecular flexibility index (Phi) is 9.45. The van der Waals surface area contributed by atoms with E-state index in [4.69, 9.17) is 18.9 Å². The van der Waals surface area contributed by atoms with Crippen LogP contribution in [0.2, 0.25) is 0 Å². The Labute approximate surface area is 177 Å². The number of hydrogen-bond acceptors (Lipinski definition) is 7. The van der Waals surface area contributed by atoms with Crippen LogP contribution in [0, 0.1) is 0 Å². The predicted molar refractivity (Wildman–Crippen MR) is 110 cm³/mol. The molecular formula is C20H29NO7S. The second-order valence-electron chi connectivity index (χ2n) is 7.49. The molecule has 0 unspecified atom stereocenters. The molecule has 1 aromatic carbocycles. The molecular weight excluding hydrogens is 398 g/mol. The Morgan fingerprint density at radius 1 is 1.14 bits per heavy atom. The topological polar surface area (TPSA) is 91.4 Å². The van der Waals surface area contributed by atoms with Crippen molar-refractivity contribution in [1.82, 2.24) is 4.90 Å². The van der Waals surface area contributed by atoms with Crippen LogP contribution >= 0.6 is 13.5 Å². The highest BCUT2D eigenvalue weighted by molar-refractivity contribution is 7.59. The molecule has 1 amide bonds. The Morgan fingerprint density at radius 3 is 2.38 bits per heavy atom. The van der Waals surface area contributed by atoms with E-state index in [2.05, 4.69) is 0 Å². The van der Waals surface area contributed by atoms with Gasteiger partial charge in [-0.3, -0.25) is 4.90 Å². The van der Waals surface area contributed by atoms with Crippen LogP contribution in [0.15, 0.2) is 30.3 Å². The molecule has 2 rings (SSSR count). The number of benzene rings is 1. The molecule has 0 saturated carbocycles. The highest BCUT2D eigenvalue weighted by Crippen LogP contribution is 2.23. The largest absolute Gasteiger partial charge is 0.467 e. The van der Waals surface area contributed by atoms with Crippen LogP contribution in [0.25, 0.3) is 0 Å². The average Bonchev–Trinajstić information content (AvgIpc) is 3.08. The minimum Gasteiger partial charge on any atom is -0.467 e. The molecule has 1 heterocycles. The van der Waals surface area contributed by atoms with Gasteiger partial charge in [-0.25, -0.2) is 14.4 Å². The van der Waals surface area contributed by atoms with Crippen LogP contribution in [0.1, 0.15) is 32.8 Å². The summed E-state index contributed by atoms with van der Waals surface area (Å²) in [6.45, 7) is 5.24. The first kappa shape index (κ1) is 24.8. The van der Waals surface area contributed by atoms with E-state index in [-0.39, 0.29) is 39.7 Å². The second-order valence-corrected chi connectivity index (χ2v) is 7.49. The maximum Gasteiger partial charge on any atom is 0.410 e. The van der Waals surface area contributed by atoms with Crippen LogP contribution in [0.4, 0.5) is 4.79 Å². The number of ether oxygens (including phenoxy) is 4. The zero-order chi connectivity index (χ0) is 20.7. The molecule has 1 aliphatic heterocycles. The fourth-order valence-corrected chi connectivity index (χ4v) is 2.84. The quantitative estimate of drug-likeness (QED) is 0.508. The van der Waals surface area contributed by atoms with E-state index in [1.54, 1.807) is 20.8 Å². The van der Waals surface area contributed by atoms with Crippen molar-refractivity contribution in [3.8, 4) is 0 Å². The van der Waals surface area contributed by atoms with E-state index in [1.165, 1.54) is 12.0 Å². The molecule has 1 saturated heterocycles. The number of hydrogen-bond donors (Lipinski definition) is 0. The van der Waals surface area contributed by atoms with Crippen molar-refractivity contribution in [2.24, 2.45) is 0 Å². The highest BCUT2D eigenvalue weighted by Gasteiger charge is 2.42. The summed E-state index contributed by atoms with van der Waals surface area (Å²) in [7, 11) is 1.25. The van der Waals surface area contributed by atoms with Crippen LogP contribution in [0.5, 0.6) is 0 Å². The summed E-state index contributed by atoms with van der Waals surface area (Å²) in [6.07, 6.45) is -0.917. The lowest BCUT2D eigenvalue weighted by Gasteiger charge is -2.22. The number of esters is 2. The normalized spacial score (nSPS) is 18.6. The van der Waals surface area contributed by atoms with Gasteiger partial charge in [-0.1, -0.05) is 30.3 Å². The summed E-state index contributed by atoms with van der Waals surface area (Å²) in [5.41, 5.74) is 0.222. The lowest BCUT2D eigenvalue weighted by molar-refractivity contribution is -0.162. The molecule has 1 aromatic rings. The van der Waals surface area contributed by atoms with Gasteiger partial charge in [-0.2, -0.15) is 13.5 Å². The molecule has 1 fully saturated rings. The number of methoxy groups -OCH3 is 1. The number of amides is 1. The number of likely N-dealkylation sites (tertiary alicyclic amines) is 1. The maximum absolute atomic E-state index is 12.5. The van der Waals surface area contributed by atoms with Gasteiger partial charge in [-0.05, 0) is 26.3 Å².